The number of hydrogen-bond donors (Lipinski definition) is 2. The predicted octanol–water partition coefficient (Wildman–Crippen LogP) is 16.2. The molecule has 8 nitrogen and oxygen atoms in total. The van der Waals surface area contributed by atoms with Crippen molar-refractivity contribution in [1.29, 1.82) is 0 Å². The van der Waals surface area contributed by atoms with E-state index in [0.717, 1.165) is 57.8 Å². The SMILES string of the molecule is CCCCCCCCCCCCCCCC(=O)NC(CS)C(=O)O[C@@H](OC(=O)CCCCCCCCCCCCCCC)[C@@H](C)OC(=O)CCCCCCCCCCCCCCC. The topological polar surface area (TPSA) is 108 Å². The van der Waals surface area contributed by atoms with Crippen LogP contribution in [0, 0.1) is 0 Å². The quantitative estimate of drug-likeness (QED) is 0.0271. The van der Waals surface area contributed by atoms with E-state index < -0.39 is 36.3 Å². The van der Waals surface area contributed by atoms with Crippen LogP contribution in [0.1, 0.15) is 297 Å². The molecule has 3 atom stereocenters. The molecule has 0 radical (unpaired) electrons. The molecule has 0 rings (SSSR count). The number of amides is 1. The zero-order valence-electron chi connectivity index (χ0n) is 41.9. The van der Waals surface area contributed by atoms with Crippen molar-refractivity contribution in [1.82, 2.24) is 5.32 Å². The fraction of sp³-hybridized carbons (Fsp3) is 0.926. The molecule has 0 aliphatic rings. The van der Waals surface area contributed by atoms with Gasteiger partial charge in [-0.15, -0.1) is 0 Å². The van der Waals surface area contributed by atoms with Gasteiger partial charge in [-0.3, -0.25) is 14.4 Å². The summed E-state index contributed by atoms with van der Waals surface area (Å²) in [6.45, 7) is 8.35. The molecule has 0 aromatic heterocycles. The molecule has 0 heterocycles. The van der Waals surface area contributed by atoms with Crippen molar-refractivity contribution in [3.8, 4) is 0 Å². The van der Waals surface area contributed by atoms with Gasteiger partial charge in [0.25, 0.3) is 6.29 Å². The minimum atomic E-state index is -1.41. The number of carbonyl (C=O) groups excluding carboxylic acids is 4. The monoisotopic (exact) mass is 910 g/mol. The van der Waals surface area contributed by atoms with Crippen molar-refractivity contribution in [3.05, 3.63) is 0 Å². The van der Waals surface area contributed by atoms with Crippen LogP contribution < -0.4 is 5.32 Å². The van der Waals surface area contributed by atoms with Crippen LogP contribution in [0.5, 0.6) is 0 Å². The van der Waals surface area contributed by atoms with Crippen LogP contribution in [0.15, 0.2) is 0 Å². The lowest BCUT2D eigenvalue weighted by molar-refractivity contribution is -0.213. The number of rotatable bonds is 49. The normalized spacial score (nSPS) is 12.8. The summed E-state index contributed by atoms with van der Waals surface area (Å²) in [7, 11) is 0. The minimum absolute atomic E-state index is 0.0238. The second-order valence-electron chi connectivity index (χ2n) is 18.8. The molecular weight excluding hydrogens is 807 g/mol. The first-order valence-electron chi connectivity index (χ1n) is 27.3. The summed E-state index contributed by atoms with van der Waals surface area (Å²) in [4.78, 5) is 52.1. The van der Waals surface area contributed by atoms with Gasteiger partial charge in [-0.2, -0.15) is 12.6 Å². The summed E-state index contributed by atoms with van der Waals surface area (Å²) < 4.78 is 17.0. The molecular formula is C54H103NO7S. The Hall–Kier alpha value is -1.77. The maximum absolute atomic E-state index is 13.4. The molecule has 9 heteroatoms. The molecule has 0 saturated heterocycles. The van der Waals surface area contributed by atoms with Crippen molar-refractivity contribution in [3.63, 3.8) is 0 Å². The molecule has 0 saturated carbocycles. The fourth-order valence-corrected chi connectivity index (χ4v) is 8.49. The summed E-state index contributed by atoms with van der Waals surface area (Å²) in [6.07, 6.45) is 45.8. The highest BCUT2D eigenvalue weighted by atomic mass is 32.1. The van der Waals surface area contributed by atoms with Crippen LogP contribution >= 0.6 is 12.6 Å². The van der Waals surface area contributed by atoms with E-state index in [2.05, 4.69) is 38.7 Å². The van der Waals surface area contributed by atoms with Crippen molar-refractivity contribution < 1.29 is 33.4 Å². The summed E-state index contributed by atoms with van der Waals surface area (Å²) in [6, 6.07) is -1.02. The zero-order valence-corrected chi connectivity index (χ0v) is 42.8. The van der Waals surface area contributed by atoms with E-state index in [0.29, 0.717) is 12.8 Å². The van der Waals surface area contributed by atoms with Crippen molar-refractivity contribution >= 4 is 36.4 Å². The van der Waals surface area contributed by atoms with E-state index in [1.54, 1.807) is 6.92 Å². The van der Waals surface area contributed by atoms with Gasteiger partial charge in [-0.05, 0) is 26.2 Å². The van der Waals surface area contributed by atoms with Crippen LogP contribution in [0.3, 0.4) is 0 Å². The van der Waals surface area contributed by atoms with Crippen LogP contribution in [-0.2, 0) is 33.4 Å². The Kier molecular flexibility index (Phi) is 46.8. The molecule has 63 heavy (non-hydrogen) atoms. The molecule has 0 aromatic rings. The first kappa shape index (κ1) is 61.2. The van der Waals surface area contributed by atoms with Gasteiger partial charge in [0.15, 0.2) is 6.10 Å². The highest BCUT2D eigenvalue weighted by molar-refractivity contribution is 7.80. The zero-order chi connectivity index (χ0) is 46.3. The van der Waals surface area contributed by atoms with Gasteiger partial charge >= 0.3 is 17.9 Å². The van der Waals surface area contributed by atoms with Crippen LogP contribution in [0.4, 0.5) is 0 Å². The lowest BCUT2D eigenvalue weighted by Gasteiger charge is -2.26. The van der Waals surface area contributed by atoms with E-state index in [-0.39, 0.29) is 24.5 Å². The van der Waals surface area contributed by atoms with Crippen molar-refractivity contribution in [2.45, 2.75) is 316 Å². The third kappa shape index (κ3) is 42.6. The maximum Gasteiger partial charge on any atom is 0.332 e. The number of carbonyl (C=O) groups is 4. The smallest absolute Gasteiger partial charge is 0.332 e. The number of hydrogen-bond acceptors (Lipinski definition) is 8. The molecule has 0 spiro atoms. The maximum atomic E-state index is 13.4. The standard InChI is InChI=1S/C54H103NO7S/c1-5-8-11-14-17-20-23-26-29-32-35-38-41-44-50(56)55-49(47-63)53(59)62-54(61-52(58)46-43-40-37-34-31-28-25-22-19-16-13-10-7-3)48(4)60-51(57)45-42-39-36-33-30-27-24-21-18-15-12-9-6-2/h48-49,54,63H,5-47H2,1-4H3,(H,55,56)/t48-,49?,54-/m1/s1. The number of unbranched alkanes of at least 4 members (excludes halogenated alkanes) is 36. The summed E-state index contributed by atoms with van der Waals surface area (Å²) >= 11 is 4.32. The molecule has 0 aliphatic heterocycles. The number of nitrogens with one attached hydrogen (secondary N) is 1. The molecule has 0 fully saturated rings. The lowest BCUT2D eigenvalue weighted by atomic mass is 10.0. The van der Waals surface area contributed by atoms with Crippen LogP contribution in [0.25, 0.3) is 0 Å². The molecule has 0 aliphatic carbocycles. The van der Waals surface area contributed by atoms with Gasteiger partial charge in [0.05, 0.1) is 0 Å². The second-order valence-corrected chi connectivity index (χ2v) is 19.1. The molecule has 1 amide bonds. The Bertz CT molecular complexity index is 1040. The Balaban J connectivity index is 4.77. The van der Waals surface area contributed by atoms with E-state index in [1.807, 2.05) is 0 Å². The first-order chi connectivity index (χ1) is 30.8. The molecule has 1 unspecified atom stereocenters. The molecule has 1 N–H and O–H groups in total. The minimum Gasteiger partial charge on any atom is -0.455 e. The number of thiol groups is 1. The van der Waals surface area contributed by atoms with E-state index in [4.69, 9.17) is 14.2 Å². The first-order valence-corrected chi connectivity index (χ1v) is 27.9. The Morgan fingerprint density at radius 1 is 0.381 bits per heavy atom. The Morgan fingerprint density at radius 2 is 0.651 bits per heavy atom. The average molecular weight is 910 g/mol. The van der Waals surface area contributed by atoms with Gasteiger partial charge in [-0.25, -0.2) is 4.79 Å². The van der Waals surface area contributed by atoms with E-state index >= 15 is 0 Å². The third-order valence-corrected chi connectivity index (χ3v) is 12.8. The average Bonchev–Trinajstić information content (AvgIpc) is 3.27. The van der Waals surface area contributed by atoms with Crippen LogP contribution in [-0.4, -0.2) is 48.0 Å². The highest BCUT2D eigenvalue weighted by Crippen LogP contribution is 2.18. The largest absolute Gasteiger partial charge is 0.455 e. The van der Waals surface area contributed by atoms with Gasteiger partial charge in [-0.1, -0.05) is 252 Å². The molecule has 0 aromatic carbocycles. The van der Waals surface area contributed by atoms with Gasteiger partial charge in [0.2, 0.25) is 5.91 Å². The second kappa shape index (κ2) is 48.2. The lowest BCUT2D eigenvalue weighted by Crippen LogP contribution is -2.46. The number of ether oxygens (including phenoxy) is 3. The van der Waals surface area contributed by atoms with Crippen LogP contribution in [0.2, 0.25) is 0 Å². The number of esters is 3. The molecule has 372 valence electrons. The summed E-state index contributed by atoms with van der Waals surface area (Å²) in [5.41, 5.74) is 0. The summed E-state index contributed by atoms with van der Waals surface area (Å²) in [5, 5.41) is 2.76. The van der Waals surface area contributed by atoms with Gasteiger partial charge < -0.3 is 19.5 Å². The van der Waals surface area contributed by atoms with Gasteiger partial charge in [0.1, 0.15) is 6.04 Å². The predicted molar refractivity (Wildman–Crippen MR) is 268 cm³/mol. The fourth-order valence-electron chi connectivity index (χ4n) is 8.25. The van der Waals surface area contributed by atoms with Crippen molar-refractivity contribution in [2.24, 2.45) is 0 Å². The Labute approximate surface area is 395 Å². The molecule has 0 bridgehead atoms. The van der Waals surface area contributed by atoms with E-state index in [9.17, 15) is 19.2 Å². The summed E-state index contributed by atoms with van der Waals surface area (Å²) in [5.74, 6) is -1.87. The third-order valence-electron chi connectivity index (χ3n) is 12.5. The van der Waals surface area contributed by atoms with Gasteiger partial charge in [0, 0.05) is 25.0 Å². The Morgan fingerprint density at radius 3 is 0.952 bits per heavy atom. The van der Waals surface area contributed by atoms with Crippen molar-refractivity contribution in [2.75, 3.05) is 5.75 Å². The highest BCUT2D eigenvalue weighted by Gasteiger charge is 2.32. The van der Waals surface area contributed by atoms with E-state index in [1.165, 1.54) is 186 Å².